The Balaban J connectivity index is 2.71. The maximum absolute atomic E-state index is 12.6. The maximum Gasteiger partial charge on any atom is 0.247 e. The van der Waals surface area contributed by atoms with Gasteiger partial charge in [0.2, 0.25) is 10.0 Å². The number of primary sulfonamides is 1. The molecule has 0 bridgehead atoms. The van der Waals surface area contributed by atoms with Crippen molar-refractivity contribution in [1.82, 2.24) is 5.32 Å². The molecule has 0 aliphatic carbocycles. The zero-order valence-corrected chi connectivity index (χ0v) is 14.0. The summed E-state index contributed by atoms with van der Waals surface area (Å²) in [5.74, 6) is 0. The highest BCUT2D eigenvalue weighted by atomic mass is 32.3. The van der Waals surface area contributed by atoms with Crippen molar-refractivity contribution in [2.24, 2.45) is 5.14 Å². The Kier molecular flexibility index (Phi) is 3.79. The first-order valence-corrected chi connectivity index (χ1v) is 10.00. The molecule has 0 fully saturated rings. The van der Waals surface area contributed by atoms with E-state index in [-0.39, 0.29) is 14.5 Å². The first kappa shape index (κ1) is 15.9. The van der Waals surface area contributed by atoms with Gasteiger partial charge in [-0.1, -0.05) is 6.92 Å². The van der Waals surface area contributed by atoms with Gasteiger partial charge in [-0.3, -0.25) is 0 Å². The van der Waals surface area contributed by atoms with E-state index in [0.717, 1.165) is 11.3 Å². The lowest BCUT2D eigenvalue weighted by Crippen LogP contribution is -2.41. The van der Waals surface area contributed by atoms with Crippen molar-refractivity contribution < 1.29 is 16.8 Å². The van der Waals surface area contributed by atoms with Crippen LogP contribution in [-0.2, 0) is 19.9 Å². The van der Waals surface area contributed by atoms with E-state index < -0.39 is 24.6 Å². The van der Waals surface area contributed by atoms with Crippen LogP contribution in [0.25, 0.3) is 0 Å². The predicted molar refractivity (Wildman–Crippen MR) is 78.0 cm³/mol. The second kappa shape index (κ2) is 4.77. The van der Waals surface area contributed by atoms with E-state index in [1.165, 1.54) is 6.07 Å². The summed E-state index contributed by atoms with van der Waals surface area (Å²) in [6.45, 7) is 5.90. The summed E-state index contributed by atoms with van der Waals surface area (Å²) in [7, 11) is -7.45. The van der Waals surface area contributed by atoms with Crippen LogP contribution in [-0.4, -0.2) is 28.1 Å². The van der Waals surface area contributed by atoms with Crippen LogP contribution in [0.5, 0.6) is 0 Å². The second-order valence-corrected chi connectivity index (χ2v) is 11.0. The zero-order chi connectivity index (χ0) is 15.3. The number of rotatable bonds is 3. The second-order valence-electron chi connectivity index (χ2n) is 5.43. The molecule has 0 spiro atoms. The van der Waals surface area contributed by atoms with Crippen molar-refractivity contribution in [3.05, 3.63) is 11.6 Å². The van der Waals surface area contributed by atoms with Gasteiger partial charge in [-0.15, -0.1) is 11.3 Å². The minimum atomic E-state index is -3.90. The number of sulfonamides is 1. The molecular formula is C11H18N2O4S3. The highest BCUT2D eigenvalue weighted by Gasteiger charge is 2.46. The van der Waals surface area contributed by atoms with Crippen molar-refractivity contribution >= 4 is 31.2 Å². The van der Waals surface area contributed by atoms with Gasteiger partial charge in [0.15, 0.2) is 9.84 Å². The summed E-state index contributed by atoms with van der Waals surface area (Å²) in [6.07, 6.45) is 0.400. The summed E-state index contributed by atoms with van der Waals surface area (Å²) in [5.41, 5.74) is 0.514. The Morgan fingerprint density at radius 3 is 2.60 bits per heavy atom. The fourth-order valence-electron chi connectivity index (χ4n) is 2.35. The van der Waals surface area contributed by atoms with E-state index in [0.29, 0.717) is 18.5 Å². The SMILES string of the molecule is CCNC1CC(C)(C)S(=O)(=O)c2sc(S(N)(=O)=O)cc21. The quantitative estimate of drug-likeness (QED) is 0.855. The molecule has 20 heavy (non-hydrogen) atoms. The van der Waals surface area contributed by atoms with Crippen molar-refractivity contribution in [3.8, 4) is 0 Å². The molecule has 1 aliphatic heterocycles. The molecule has 0 aromatic carbocycles. The molecule has 0 amide bonds. The maximum atomic E-state index is 12.6. The summed E-state index contributed by atoms with van der Waals surface area (Å²) in [6, 6.07) is 1.20. The van der Waals surface area contributed by atoms with Crippen LogP contribution in [0.2, 0.25) is 0 Å². The molecule has 1 unspecified atom stereocenters. The largest absolute Gasteiger partial charge is 0.310 e. The average Bonchev–Trinajstić information content (AvgIpc) is 2.71. The van der Waals surface area contributed by atoms with Gasteiger partial charge in [0, 0.05) is 11.6 Å². The number of fused-ring (bicyclic) bond motifs is 1. The van der Waals surface area contributed by atoms with E-state index in [2.05, 4.69) is 5.32 Å². The zero-order valence-electron chi connectivity index (χ0n) is 11.5. The lowest BCUT2D eigenvalue weighted by atomic mass is 9.97. The summed E-state index contributed by atoms with van der Waals surface area (Å²) in [5, 5.41) is 8.32. The first-order valence-electron chi connectivity index (χ1n) is 6.15. The van der Waals surface area contributed by atoms with Crippen LogP contribution in [0.3, 0.4) is 0 Å². The smallest absolute Gasteiger partial charge is 0.247 e. The molecule has 1 aromatic heterocycles. The molecule has 9 heteroatoms. The third-order valence-corrected chi connectivity index (χ3v) is 9.10. The topological polar surface area (TPSA) is 106 Å². The fraction of sp³-hybridized carbons (Fsp3) is 0.636. The molecule has 2 heterocycles. The molecule has 2 rings (SSSR count). The van der Waals surface area contributed by atoms with Gasteiger partial charge >= 0.3 is 0 Å². The lowest BCUT2D eigenvalue weighted by Gasteiger charge is -2.34. The number of nitrogens with one attached hydrogen (secondary N) is 1. The molecule has 1 aliphatic rings. The number of nitrogens with two attached hydrogens (primary N) is 1. The van der Waals surface area contributed by atoms with Crippen molar-refractivity contribution in [3.63, 3.8) is 0 Å². The number of thiophene rings is 1. The Morgan fingerprint density at radius 2 is 2.10 bits per heavy atom. The average molecular weight is 338 g/mol. The van der Waals surface area contributed by atoms with Crippen LogP contribution >= 0.6 is 11.3 Å². The third-order valence-electron chi connectivity index (χ3n) is 3.48. The highest BCUT2D eigenvalue weighted by molar-refractivity contribution is 7.96. The van der Waals surface area contributed by atoms with Crippen LogP contribution in [0.1, 0.15) is 38.8 Å². The number of sulfone groups is 1. The van der Waals surface area contributed by atoms with Crippen LogP contribution in [0, 0.1) is 0 Å². The van der Waals surface area contributed by atoms with E-state index >= 15 is 0 Å². The number of hydrogen-bond donors (Lipinski definition) is 2. The monoisotopic (exact) mass is 338 g/mol. The van der Waals surface area contributed by atoms with Crippen LogP contribution < -0.4 is 10.5 Å². The van der Waals surface area contributed by atoms with Gasteiger partial charge in [-0.25, -0.2) is 22.0 Å². The van der Waals surface area contributed by atoms with Gasteiger partial charge < -0.3 is 5.32 Å². The van der Waals surface area contributed by atoms with Gasteiger partial charge in [0.1, 0.15) is 8.42 Å². The van der Waals surface area contributed by atoms with E-state index in [1.807, 2.05) is 6.92 Å². The third kappa shape index (κ3) is 2.41. The molecule has 0 radical (unpaired) electrons. The minimum absolute atomic E-state index is 0.105. The first-order chi connectivity index (χ1) is 9.00. The van der Waals surface area contributed by atoms with Gasteiger partial charge in [0.05, 0.1) is 4.75 Å². The van der Waals surface area contributed by atoms with Gasteiger partial charge in [-0.2, -0.15) is 0 Å². The Hall–Kier alpha value is -0.480. The van der Waals surface area contributed by atoms with Crippen LogP contribution in [0.15, 0.2) is 14.5 Å². The van der Waals surface area contributed by atoms with E-state index in [9.17, 15) is 16.8 Å². The molecular weight excluding hydrogens is 320 g/mol. The highest BCUT2D eigenvalue weighted by Crippen LogP contribution is 2.46. The fourth-order valence-corrected chi connectivity index (χ4v) is 6.99. The Morgan fingerprint density at radius 1 is 1.50 bits per heavy atom. The van der Waals surface area contributed by atoms with E-state index in [4.69, 9.17) is 5.14 Å². The van der Waals surface area contributed by atoms with Crippen molar-refractivity contribution in [2.45, 2.75) is 46.4 Å². The Bertz CT molecular complexity index is 732. The Labute approximate surface area is 123 Å². The summed E-state index contributed by atoms with van der Waals surface area (Å²) < 4.78 is 47.1. The minimum Gasteiger partial charge on any atom is -0.310 e. The van der Waals surface area contributed by atoms with Crippen LogP contribution in [0.4, 0.5) is 0 Å². The molecule has 0 saturated carbocycles. The molecule has 1 aromatic rings. The van der Waals surface area contributed by atoms with Crippen molar-refractivity contribution in [1.29, 1.82) is 0 Å². The number of hydrogen-bond acceptors (Lipinski definition) is 6. The molecule has 6 nitrogen and oxygen atoms in total. The molecule has 3 N–H and O–H groups in total. The predicted octanol–water partition coefficient (Wildman–Crippen LogP) is 1.00. The molecule has 1 atom stereocenters. The molecule has 0 saturated heterocycles. The van der Waals surface area contributed by atoms with Gasteiger partial charge in [0.25, 0.3) is 0 Å². The summed E-state index contributed by atoms with van der Waals surface area (Å²) >= 11 is 0.740. The van der Waals surface area contributed by atoms with Gasteiger partial charge in [-0.05, 0) is 32.9 Å². The van der Waals surface area contributed by atoms with Crippen molar-refractivity contribution in [2.75, 3.05) is 6.54 Å². The summed E-state index contributed by atoms with van der Waals surface area (Å²) in [4.78, 5) is 0. The lowest BCUT2D eigenvalue weighted by molar-refractivity contribution is 0.421. The molecule has 114 valence electrons. The van der Waals surface area contributed by atoms with E-state index in [1.54, 1.807) is 13.8 Å². The normalized spacial score (nSPS) is 24.3. The standard InChI is InChI=1S/C11H18N2O4S3/c1-4-13-8-6-11(2,3)19(14,15)10-7(8)5-9(18-10)20(12,16)17/h5,8,13H,4,6H2,1-3H3,(H2,12,16,17).